The molecule has 4 nitrogen and oxygen atoms in total. The minimum atomic E-state index is -0.721. The normalized spacial score (nSPS) is 28.7. The molecule has 104 valence electrons. The van der Waals surface area contributed by atoms with Crippen LogP contribution in [-0.4, -0.2) is 31.2 Å². The maximum Gasteiger partial charge on any atom is 0.240 e. The van der Waals surface area contributed by atoms with Gasteiger partial charge in [-0.15, -0.1) is 0 Å². The summed E-state index contributed by atoms with van der Waals surface area (Å²) in [5, 5.41) is 3.05. The lowest BCUT2D eigenvalue weighted by Crippen LogP contribution is -2.57. The summed E-state index contributed by atoms with van der Waals surface area (Å²) in [6.45, 7) is 11.0. The first-order valence-electron chi connectivity index (χ1n) is 6.87. The zero-order valence-electron chi connectivity index (χ0n) is 12.0. The fourth-order valence-corrected chi connectivity index (χ4v) is 3.18. The van der Waals surface area contributed by atoms with E-state index in [-0.39, 0.29) is 5.91 Å². The molecule has 0 unspecified atom stereocenters. The van der Waals surface area contributed by atoms with Crippen molar-refractivity contribution >= 4 is 5.91 Å². The lowest BCUT2D eigenvalue weighted by atomic mass is 9.90. The number of ether oxygens (including phenoxy) is 1. The van der Waals surface area contributed by atoms with E-state index in [9.17, 15) is 4.79 Å². The molecule has 18 heavy (non-hydrogen) atoms. The maximum absolute atomic E-state index is 12.2. The highest BCUT2D eigenvalue weighted by Crippen LogP contribution is 2.67. The highest BCUT2D eigenvalue weighted by Gasteiger charge is 2.64. The van der Waals surface area contributed by atoms with Gasteiger partial charge in [-0.05, 0) is 29.6 Å². The van der Waals surface area contributed by atoms with Crippen LogP contribution in [0.2, 0.25) is 0 Å². The van der Waals surface area contributed by atoms with Gasteiger partial charge >= 0.3 is 0 Å². The van der Waals surface area contributed by atoms with Gasteiger partial charge in [-0.1, -0.05) is 27.7 Å². The van der Waals surface area contributed by atoms with Gasteiger partial charge in [0.2, 0.25) is 5.91 Å². The van der Waals surface area contributed by atoms with Crippen molar-refractivity contribution in [3.8, 4) is 0 Å². The van der Waals surface area contributed by atoms with Crippen molar-refractivity contribution in [1.82, 2.24) is 5.32 Å². The van der Waals surface area contributed by atoms with Crippen LogP contribution in [-0.2, 0) is 9.53 Å². The number of hydrogen-bond acceptors (Lipinski definition) is 3. The summed E-state index contributed by atoms with van der Waals surface area (Å²) < 4.78 is 5.26. The Balaban J connectivity index is 1.86. The Morgan fingerprint density at radius 3 is 2.17 bits per heavy atom. The summed E-state index contributed by atoms with van der Waals surface area (Å²) in [7, 11) is 0. The van der Waals surface area contributed by atoms with Gasteiger partial charge in [0.1, 0.15) is 0 Å². The SMILES string of the molecule is CC1(C)C(CNC(=O)C2(N)CCOCC2)C1(C)C. The zero-order valence-corrected chi connectivity index (χ0v) is 12.0. The molecular weight excluding hydrogens is 228 g/mol. The highest BCUT2D eigenvalue weighted by atomic mass is 16.5. The van der Waals surface area contributed by atoms with Crippen molar-refractivity contribution in [2.75, 3.05) is 19.8 Å². The lowest BCUT2D eigenvalue weighted by molar-refractivity contribution is -0.129. The fourth-order valence-electron chi connectivity index (χ4n) is 3.18. The van der Waals surface area contributed by atoms with Crippen molar-refractivity contribution in [2.45, 2.75) is 46.1 Å². The van der Waals surface area contributed by atoms with Crippen molar-refractivity contribution in [2.24, 2.45) is 22.5 Å². The number of nitrogens with two attached hydrogens (primary N) is 1. The fraction of sp³-hybridized carbons (Fsp3) is 0.929. The molecule has 1 aliphatic heterocycles. The third-order valence-corrected chi connectivity index (χ3v) is 5.62. The minimum absolute atomic E-state index is 0.00991. The molecule has 0 radical (unpaired) electrons. The number of rotatable bonds is 3. The molecule has 0 aromatic rings. The maximum atomic E-state index is 12.2. The van der Waals surface area contributed by atoms with E-state index in [0.29, 0.717) is 42.8 Å². The largest absolute Gasteiger partial charge is 0.381 e. The van der Waals surface area contributed by atoms with Crippen LogP contribution in [0.5, 0.6) is 0 Å². The van der Waals surface area contributed by atoms with Gasteiger partial charge in [0.15, 0.2) is 0 Å². The lowest BCUT2D eigenvalue weighted by Gasteiger charge is -2.31. The molecule has 0 aromatic carbocycles. The molecule has 4 heteroatoms. The van der Waals surface area contributed by atoms with E-state index in [1.54, 1.807) is 0 Å². The van der Waals surface area contributed by atoms with E-state index >= 15 is 0 Å². The van der Waals surface area contributed by atoms with E-state index in [0.717, 1.165) is 6.54 Å². The monoisotopic (exact) mass is 254 g/mol. The van der Waals surface area contributed by atoms with Crippen molar-refractivity contribution in [3.05, 3.63) is 0 Å². The molecule has 0 atom stereocenters. The Morgan fingerprint density at radius 2 is 1.72 bits per heavy atom. The van der Waals surface area contributed by atoms with Crippen molar-refractivity contribution in [3.63, 3.8) is 0 Å². The second kappa shape index (κ2) is 4.20. The molecule has 0 bridgehead atoms. The van der Waals surface area contributed by atoms with E-state index in [2.05, 4.69) is 33.0 Å². The summed E-state index contributed by atoms with van der Waals surface area (Å²) in [5.41, 5.74) is 6.04. The Bertz CT molecular complexity index is 330. The van der Waals surface area contributed by atoms with Crippen LogP contribution in [0.4, 0.5) is 0 Å². The number of amides is 1. The predicted octanol–water partition coefficient (Wildman–Crippen LogP) is 1.29. The van der Waals surface area contributed by atoms with Crippen LogP contribution in [0, 0.1) is 16.7 Å². The first-order chi connectivity index (χ1) is 8.22. The smallest absolute Gasteiger partial charge is 0.240 e. The standard InChI is InChI=1S/C14H26N2O2/c1-12(2)10(13(12,3)4)9-16-11(17)14(15)5-7-18-8-6-14/h10H,5-9,15H2,1-4H3,(H,16,17). The van der Waals surface area contributed by atoms with E-state index in [4.69, 9.17) is 10.5 Å². The second-order valence-corrected chi connectivity index (χ2v) is 6.97. The van der Waals surface area contributed by atoms with Gasteiger partial charge in [0.25, 0.3) is 0 Å². The third kappa shape index (κ3) is 2.05. The molecular formula is C14H26N2O2. The average Bonchev–Trinajstić information content (AvgIpc) is 2.67. The summed E-state index contributed by atoms with van der Waals surface area (Å²) in [5.74, 6) is 0.529. The first-order valence-corrected chi connectivity index (χ1v) is 6.87. The highest BCUT2D eigenvalue weighted by molar-refractivity contribution is 5.86. The van der Waals surface area contributed by atoms with Crippen LogP contribution < -0.4 is 11.1 Å². The predicted molar refractivity (Wildman–Crippen MR) is 71.0 cm³/mol. The molecule has 1 heterocycles. The molecule has 1 saturated carbocycles. The van der Waals surface area contributed by atoms with Crippen LogP contribution in [0.15, 0.2) is 0 Å². The average molecular weight is 254 g/mol. The van der Waals surface area contributed by atoms with Crippen molar-refractivity contribution in [1.29, 1.82) is 0 Å². The number of hydrogen-bond donors (Lipinski definition) is 2. The van der Waals surface area contributed by atoms with Gasteiger partial charge in [-0.25, -0.2) is 0 Å². The van der Waals surface area contributed by atoms with Crippen LogP contribution in [0.3, 0.4) is 0 Å². The van der Waals surface area contributed by atoms with Crippen molar-refractivity contribution < 1.29 is 9.53 Å². The summed E-state index contributed by atoms with van der Waals surface area (Å²) in [6, 6.07) is 0. The quantitative estimate of drug-likeness (QED) is 0.797. The van der Waals surface area contributed by atoms with E-state index in [1.165, 1.54) is 0 Å². The van der Waals surface area contributed by atoms with Gasteiger partial charge in [-0.2, -0.15) is 0 Å². The molecule has 2 rings (SSSR count). The molecule has 1 amide bonds. The van der Waals surface area contributed by atoms with Gasteiger partial charge < -0.3 is 15.8 Å². The molecule has 1 saturated heterocycles. The zero-order chi connectivity index (χ0) is 13.6. The summed E-state index contributed by atoms with van der Waals surface area (Å²) in [6.07, 6.45) is 1.24. The Morgan fingerprint density at radius 1 is 1.22 bits per heavy atom. The molecule has 2 fully saturated rings. The number of carbonyl (C=O) groups excluding carboxylic acids is 1. The van der Waals surface area contributed by atoms with E-state index < -0.39 is 5.54 Å². The van der Waals surface area contributed by atoms with Gasteiger partial charge in [0, 0.05) is 19.8 Å². The first kappa shape index (κ1) is 13.8. The summed E-state index contributed by atoms with van der Waals surface area (Å²) >= 11 is 0. The van der Waals surface area contributed by atoms with Gasteiger partial charge in [-0.3, -0.25) is 4.79 Å². The Labute approximate surface area is 110 Å². The Kier molecular flexibility index (Phi) is 3.23. The number of nitrogens with one attached hydrogen (secondary N) is 1. The van der Waals surface area contributed by atoms with Crippen LogP contribution in [0.1, 0.15) is 40.5 Å². The topological polar surface area (TPSA) is 64.4 Å². The summed E-state index contributed by atoms with van der Waals surface area (Å²) in [4.78, 5) is 12.2. The Hall–Kier alpha value is -0.610. The molecule has 1 aliphatic carbocycles. The molecule has 0 spiro atoms. The molecule has 3 N–H and O–H groups in total. The third-order valence-electron chi connectivity index (χ3n) is 5.62. The number of carbonyl (C=O) groups is 1. The van der Waals surface area contributed by atoms with Crippen LogP contribution in [0.25, 0.3) is 0 Å². The molecule has 0 aromatic heterocycles. The van der Waals surface area contributed by atoms with Crippen LogP contribution >= 0.6 is 0 Å². The second-order valence-electron chi connectivity index (χ2n) is 6.97. The minimum Gasteiger partial charge on any atom is -0.381 e. The molecule has 2 aliphatic rings. The van der Waals surface area contributed by atoms with Gasteiger partial charge in [0.05, 0.1) is 5.54 Å². The van der Waals surface area contributed by atoms with E-state index in [1.807, 2.05) is 0 Å².